The molecule has 3 rings (SSSR count). The Labute approximate surface area is 137 Å². The van der Waals surface area contributed by atoms with Crippen molar-refractivity contribution in [1.82, 2.24) is 10.2 Å². The second-order valence-electron chi connectivity index (χ2n) is 7.06. The highest BCUT2D eigenvalue weighted by Gasteiger charge is 2.41. The molecule has 1 fully saturated rings. The highest BCUT2D eigenvalue weighted by atomic mass is 16.5. The van der Waals surface area contributed by atoms with Gasteiger partial charge in [-0.15, -0.1) is 10.2 Å². The van der Waals surface area contributed by atoms with Crippen LogP contribution >= 0.6 is 0 Å². The molecule has 1 aliphatic rings. The Hall–Kier alpha value is -1.72. The SMILES string of the molecule is COC(c1ccccc1)c1nnc([C@H]2CCO[C@@H]2C(C)(C)C)o1. The molecule has 0 spiro atoms. The molecule has 1 aromatic heterocycles. The summed E-state index contributed by atoms with van der Waals surface area (Å²) >= 11 is 0. The van der Waals surface area contributed by atoms with Crippen LogP contribution in [0.5, 0.6) is 0 Å². The fourth-order valence-corrected chi connectivity index (χ4v) is 3.21. The molecule has 124 valence electrons. The van der Waals surface area contributed by atoms with E-state index >= 15 is 0 Å². The fourth-order valence-electron chi connectivity index (χ4n) is 3.21. The summed E-state index contributed by atoms with van der Waals surface area (Å²) in [5.41, 5.74) is 1.04. The number of hydrogen-bond acceptors (Lipinski definition) is 5. The van der Waals surface area contributed by atoms with Gasteiger partial charge in [-0.2, -0.15) is 0 Å². The van der Waals surface area contributed by atoms with Crippen molar-refractivity contribution in [2.75, 3.05) is 13.7 Å². The summed E-state index contributed by atoms with van der Waals surface area (Å²) in [6.07, 6.45) is 0.661. The van der Waals surface area contributed by atoms with Crippen molar-refractivity contribution in [3.8, 4) is 0 Å². The molecule has 1 saturated heterocycles. The maximum absolute atomic E-state index is 5.97. The van der Waals surface area contributed by atoms with Crippen molar-refractivity contribution in [3.05, 3.63) is 47.7 Å². The number of methoxy groups -OCH3 is 1. The van der Waals surface area contributed by atoms with Crippen LogP contribution in [0, 0.1) is 5.41 Å². The minimum atomic E-state index is -0.340. The molecule has 0 radical (unpaired) electrons. The van der Waals surface area contributed by atoms with Crippen molar-refractivity contribution in [1.29, 1.82) is 0 Å². The fraction of sp³-hybridized carbons (Fsp3) is 0.556. The Kier molecular flexibility index (Phi) is 4.50. The van der Waals surface area contributed by atoms with Gasteiger partial charge in [0, 0.05) is 13.7 Å². The lowest BCUT2D eigenvalue weighted by Crippen LogP contribution is -2.30. The third-order valence-electron chi connectivity index (χ3n) is 4.28. The molecule has 0 saturated carbocycles. The van der Waals surface area contributed by atoms with E-state index in [0.717, 1.165) is 18.6 Å². The Morgan fingerprint density at radius 3 is 2.57 bits per heavy atom. The van der Waals surface area contributed by atoms with Gasteiger partial charge >= 0.3 is 0 Å². The van der Waals surface area contributed by atoms with E-state index in [0.29, 0.717) is 11.8 Å². The first-order valence-electron chi connectivity index (χ1n) is 8.03. The number of rotatable bonds is 4. The summed E-state index contributed by atoms with van der Waals surface area (Å²) < 4.78 is 17.4. The lowest BCUT2D eigenvalue weighted by molar-refractivity contribution is 0.0165. The number of hydrogen-bond donors (Lipinski definition) is 0. The molecular weight excluding hydrogens is 292 g/mol. The number of nitrogens with zero attached hydrogens (tertiary/aromatic N) is 2. The lowest BCUT2D eigenvalue weighted by Gasteiger charge is -2.29. The average Bonchev–Trinajstić information content (AvgIpc) is 3.17. The molecule has 0 aliphatic carbocycles. The Morgan fingerprint density at radius 1 is 1.17 bits per heavy atom. The van der Waals surface area contributed by atoms with Gasteiger partial charge in [-0.05, 0) is 17.4 Å². The highest BCUT2D eigenvalue weighted by molar-refractivity contribution is 5.22. The van der Waals surface area contributed by atoms with Gasteiger partial charge in [-0.3, -0.25) is 0 Å². The van der Waals surface area contributed by atoms with Crippen molar-refractivity contribution >= 4 is 0 Å². The van der Waals surface area contributed by atoms with E-state index in [2.05, 4.69) is 31.0 Å². The number of benzene rings is 1. The summed E-state index contributed by atoms with van der Waals surface area (Å²) in [5, 5.41) is 8.51. The van der Waals surface area contributed by atoms with Crippen LogP contribution < -0.4 is 0 Å². The standard InChI is InChI=1S/C18H24N2O3/c1-18(2,3)15-13(10-11-22-15)16-19-20-17(23-16)14(21-4)12-8-6-5-7-9-12/h5-9,13-15H,10-11H2,1-4H3/t13-,14?,15-/m0/s1. The van der Waals surface area contributed by atoms with E-state index in [-0.39, 0.29) is 23.5 Å². The van der Waals surface area contributed by atoms with Crippen LogP contribution in [0.15, 0.2) is 34.7 Å². The molecule has 1 unspecified atom stereocenters. The first-order valence-corrected chi connectivity index (χ1v) is 8.03. The van der Waals surface area contributed by atoms with E-state index in [9.17, 15) is 0 Å². The van der Waals surface area contributed by atoms with Crippen LogP contribution in [0.1, 0.15) is 56.6 Å². The molecule has 5 heteroatoms. The Balaban J connectivity index is 1.85. The lowest BCUT2D eigenvalue weighted by atomic mass is 9.81. The van der Waals surface area contributed by atoms with Gasteiger partial charge in [0.2, 0.25) is 11.8 Å². The molecular formula is C18H24N2O3. The van der Waals surface area contributed by atoms with Gasteiger partial charge in [0.1, 0.15) is 0 Å². The van der Waals surface area contributed by atoms with E-state index < -0.39 is 0 Å². The van der Waals surface area contributed by atoms with Gasteiger partial charge in [0.05, 0.1) is 12.0 Å². The summed E-state index contributed by atoms with van der Waals surface area (Å²) in [6, 6.07) is 9.90. The van der Waals surface area contributed by atoms with Crippen LogP contribution in [0.3, 0.4) is 0 Å². The largest absolute Gasteiger partial charge is 0.422 e. The smallest absolute Gasteiger partial charge is 0.249 e. The van der Waals surface area contributed by atoms with Crippen LogP contribution in [0.2, 0.25) is 0 Å². The Morgan fingerprint density at radius 2 is 1.91 bits per heavy atom. The summed E-state index contributed by atoms with van der Waals surface area (Å²) in [6.45, 7) is 7.26. The van der Waals surface area contributed by atoms with Crippen LogP contribution in [-0.2, 0) is 9.47 Å². The topological polar surface area (TPSA) is 57.4 Å². The number of aromatic nitrogens is 2. The van der Waals surface area contributed by atoms with Gasteiger partial charge < -0.3 is 13.9 Å². The first-order chi connectivity index (χ1) is 11.0. The minimum Gasteiger partial charge on any atom is -0.422 e. The third kappa shape index (κ3) is 3.31. The molecule has 0 N–H and O–H groups in total. The number of ether oxygens (including phenoxy) is 2. The van der Waals surface area contributed by atoms with E-state index in [1.54, 1.807) is 7.11 Å². The zero-order valence-electron chi connectivity index (χ0n) is 14.2. The molecule has 5 nitrogen and oxygen atoms in total. The monoisotopic (exact) mass is 316 g/mol. The second kappa shape index (κ2) is 6.42. The van der Waals surface area contributed by atoms with Crippen molar-refractivity contribution < 1.29 is 13.9 Å². The second-order valence-corrected chi connectivity index (χ2v) is 7.06. The van der Waals surface area contributed by atoms with E-state index in [1.807, 2.05) is 30.3 Å². The molecule has 2 aromatic rings. The summed E-state index contributed by atoms with van der Waals surface area (Å²) in [7, 11) is 1.65. The minimum absolute atomic E-state index is 0.0376. The van der Waals surface area contributed by atoms with Crippen molar-refractivity contribution in [2.45, 2.75) is 45.3 Å². The Bertz CT molecular complexity index is 633. The normalized spacial score (nSPS) is 23.1. The van der Waals surface area contributed by atoms with Gasteiger partial charge in [-0.25, -0.2) is 0 Å². The summed E-state index contributed by atoms with van der Waals surface area (Å²) in [4.78, 5) is 0. The molecule has 0 amide bonds. The van der Waals surface area contributed by atoms with Crippen molar-refractivity contribution in [2.24, 2.45) is 5.41 Å². The zero-order chi connectivity index (χ0) is 16.4. The predicted octanol–water partition coefficient (Wildman–Crippen LogP) is 3.72. The highest BCUT2D eigenvalue weighted by Crippen LogP contribution is 2.40. The first kappa shape index (κ1) is 16.1. The third-order valence-corrected chi connectivity index (χ3v) is 4.28. The molecule has 23 heavy (non-hydrogen) atoms. The van der Waals surface area contributed by atoms with Crippen LogP contribution in [0.25, 0.3) is 0 Å². The average molecular weight is 316 g/mol. The van der Waals surface area contributed by atoms with Gasteiger partial charge in [0.15, 0.2) is 6.10 Å². The maximum Gasteiger partial charge on any atom is 0.249 e. The van der Waals surface area contributed by atoms with E-state index in [4.69, 9.17) is 13.9 Å². The molecule has 1 aliphatic heterocycles. The van der Waals surface area contributed by atoms with Crippen LogP contribution in [-0.4, -0.2) is 30.0 Å². The maximum atomic E-state index is 5.97. The molecule has 2 heterocycles. The van der Waals surface area contributed by atoms with Gasteiger partial charge in [-0.1, -0.05) is 51.1 Å². The molecule has 3 atom stereocenters. The predicted molar refractivity (Wildman–Crippen MR) is 86.1 cm³/mol. The van der Waals surface area contributed by atoms with Gasteiger partial charge in [0.25, 0.3) is 0 Å². The molecule has 1 aromatic carbocycles. The van der Waals surface area contributed by atoms with Crippen molar-refractivity contribution in [3.63, 3.8) is 0 Å². The van der Waals surface area contributed by atoms with E-state index in [1.165, 1.54) is 0 Å². The van der Waals surface area contributed by atoms with Crippen LogP contribution in [0.4, 0.5) is 0 Å². The summed E-state index contributed by atoms with van der Waals surface area (Å²) in [5.74, 6) is 1.29. The zero-order valence-corrected chi connectivity index (χ0v) is 14.2. The quantitative estimate of drug-likeness (QED) is 0.860. The molecule has 0 bridgehead atoms.